The second-order valence-electron chi connectivity index (χ2n) is 7.04. The summed E-state index contributed by atoms with van der Waals surface area (Å²) in [5, 5.41) is 0.732. The van der Waals surface area contributed by atoms with Crippen molar-refractivity contribution in [2.24, 2.45) is 0 Å². The Morgan fingerprint density at radius 2 is 1.66 bits per heavy atom. The van der Waals surface area contributed by atoms with Crippen LogP contribution in [0.1, 0.15) is 18.6 Å². The van der Waals surface area contributed by atoms with Gasteiger partial charge in [-0.15, -0.1) is 0 Å². The number of hydrogen-bond acceptors (Lipinski definition) is 6. The molecule has 0 saturated heterocycles. The normalized spacial score (nSPS) is 11.7. The van der Waals surface area contributed by atoms with Crippen molar-refractivity contribution in [2.45, 2.75) is 13.0 Å². The van der Waals surface area contributed by atoms with E-state index in [2.05, 4.69) is 0 Å². The van der Waals surface area contributed by atoms with E-state index in [4.69, 9.17) is 18.6 Å². The van der Waals surface area contributed by atoms with Crippen LogP contribution in [0.4, 0.5) is 0 Å². The summed E-state index contributed by atoms with van der Waals surface area (Å²) in [7, 11) is 1.59. The molecule has 0 spiro atoms. The maximum atomic E-state index is 12.6. The van der Waals surface area contributed by atoms with Crippen LogP contribution in [0, 0.1) is 0 Å². The second kappa shape index (κ2) is 9.39. The molecule has 0 aliphatic heterocycles. The van der Waals surface area contributed by atoms with Gasteiger partial charge in [0.05, 0.1) is 19.3 Å². The number of methoxy groups -OCH3 is 1. The first-order valence-corrected chi connectivity index (χ1v) is 10.2. The lowest BCUT2D eigenvalue weighted by Crippen LogP contribution is -2.21. The standard InChI is InChI=1S/C26H22O6/c1-3-30-26(28)24(18-7-5-4-6-8-18)31-21-14-11-19-15-22(25(27)32-23(19)16-21)17-9-12-20(29-2)13-10-17/h4-16,24H,3H2,1-2H3. The highest BCUT2D eigenvalue weighted by Crippen LogP contribution is 2.28. The van der Waals surface area contributed by atoms with Gasteiger partial charge in [0.2, 0.25) is 6.10 Å². The van der Waals surface area contributed by atoms with Gasteiger partial charge in [0.25, 0.3) is 0 Å². The fraction of sp³-hybridized carbons (Fsp3) is 0.154. The number of carbonyl (C=O) groups excluding carboxylic acids is 1. The predicted molar refractivity (Wildman–Crippen MR) is 121 cm³/mol. The molecule has 1 heterocycles. The summed E-state index contributed by atoms with van der Waals surface area (Å²) in [6.07, 6.45) is -0.932. The second-order valence-corrected chi connectivity index (χ2v) is 7.04. The molecule has 0 aliphatic carbocycles. The van der Waals surface area contributed by atoms with Crippen LogP contribution in [0.5, 0.6) is 11.5 Å². The molecule has 6 nitrogen and oxygen atoms in total. The van der Waals surface area contributed by atoms with Gasteiger partial charge < -0.3 is 18.6 Å². The fourth-order valence-electron chi connectivity index (χ4n) is 3.37. The van der Waals surface area contributed by atoms with Crippen molar-refractivity contribution in [3.8, 4) is 22.6 Å². The summed E-state index contributed by atoms with van der Waals surface area (Å²) in [6.45, 7) is 1.98. The van der Waals surface area contributed by atoms with Crippen LogP contribution in [0.2, 0.25) is 0 Å². The van der Waals surface area contributed by atoms with E-state index >= 15 is 0 Å². The number of ether oxygens (including phenoxy) is 3. The maximum absolute atomic E-state index is 12.6. The van der Waals surface area contributed by atoms with E-state index in [1.165, 1.54) is 0 Å². The highest BCUT2D eigenvalue weighted by Gasteiger charge is 2.24. The van der Waals surface area contributed by atoms with E-state index in [9.17, 15) is 9.59 Å². The molecule has 1 atom stereocenters. The molecule has 0 saturated carbocycles. The highest BCUT2D eigenvalue weighted by atomic mass is 16.6. The van der Waals surface area contributed by atoms with E-state index in [1.807, 2.05) is 18.2 Å². The number of rotatable bonds is 7. The van der Waals surface area contributed by atoms with Crippen LogP contribution in [-0.4, -0.2) is 19.7 Å². The van der Waals surface area contributed by atoms with Crippen molar-refractivity contribution in [3.63, 3.8) is 0 Å². The number of benzene rings is 3. The Morgan fingerprint density at radius 3 is 2.34 bits per heavy atom. The molecule has 1 unspecified atom stereocenters. The maximum Gasteiger partial charge on any atom is 0.352 e. The number of fused-ring (bicyclic) bond motifs is 1. The number of esters is 1. The first kappa shape index (κ1) is 21.2. The molecular formula is C26H22O6. The molecular weight excluding hydrogens is 408 g/mol. The third kappa shape index (κ3) is 4.49. The van der Waals surface area contributed by atoms with E-state index in [0.717, 1.165) is 10.9 Å². The topological polar surface area (TPSA) is 75.0 Å². The average Bonchev–Trinajstić information content (AvgIpc) is 2.83. The van der Waals surface area contributed by atoms with Crippen molar-refractivity contribution in [1.82, 2.24) is 0 Å². The Labute approximate surface area is 185 Å². The van der Waals surface area contributed by atoms with Crippen LogP contribution in [0.25, 0.3) is 22.1 Å². The molecule has 162 valence electrons. The third-order valence-electron chi connectivity index (χ3n) is 4.97. The van der Waals surface area contributed by atoms with Gasteiger partial charge in [0.1, 0.15) is 17.1 Å². The molecule has 32 heavy (non-hydrogen) atoms. The van der Waals surface area contributed by atoms with Gasteiger partial charge in [0, 0.05) is 17.0 Å². The molecule has 1 aromatic heterocycles. The summed E-state index contributed by atoms with van der Waals surface area (Å²) < 4.78 is 21.8. The number of carbonyl (C=O) groups is 1. The molecule has 3 aromatic carbocycles. The summed E-state index contributed by atoms with van der Waals surface area (Å²) in [5.74, 6) is 0.602. The lowest BCUT2D eigenvalue weighted by atomic mass is 10.1. The van der Waals surface area contributed by atoms with E-state index < -0.39 is 17.7 Å². The minimum atomic E-state index is -0.932. The average molecular weight is 430 g/mol. The zero-order valence-corrected chi connectivity index (χ0v) is 17.7. The predicted octanol–water partition coefficient (Wildman–Crippen LogP) is 5.15. The summed E-state index contributed by atoms with van der Waals surface area (Å²) in [4.78, 5) is 25.1. The Morgan fingerprint density at radius 1 is 0.938 bits per heavy atom. The monoisotopic (exact) mass is 430 g/mol. The minimum absolute atomic E-state index is 0.242. The first-order valence-electron chi connectivity index (χ1n) is 10.2. The SMILES string of the molecule is CCOC(=O)C(Oc1ccc2cc(-c3ccc(OC)cc3)c(=O)oc2c1)c1ccccc1. The lowest BCUT2D eigenvalue weighted by molar-refractivity contribution is -0.151. The zero-order valence-electron chi connectivity index (χ0n) is 17.7. The Kier molecular flexibility index (Phi) is 6.22. The zero-order chi connectivity index (χ0) is 22.5. The van der Waals surface area contributed by atoms with Crippen molar-refractivity contribution >= 4 is 16.9 Å². The molecule has 4 rings (SSSR count). The van der Waals surface area contributed by atoms with Crippen LogP contribution in [0.3, 0.4) is 0 Å². The van der Waals surface area contributed by atoms with Crippen LogP contribution >= 0.6 is 0 Å². The van der Waals surface area contributed by atoms with Gasteiger partial charge in [-0.2, -0.15) is 0 Å². The molecule has 6 heteroatoms. The van der Waals surface area contributed by atoms with E-state index in [0.29, 0.717) is 28.2 Å². The largest absolute Gasteiger partial charge is 0.497 e. The van der Waals surface area contributed by atoms with Crippen molar-refractivity contribution in [1.29, 1.82) is 0 Å². The van der Waals surface area contributed by atoms with Crippen molar-refractivity contribution in [3.05, 3.63) is 94.8 Å². The molecule has 4 aromatic rings. The Balaban J connectivity index is 1.66. The Hall–Kier alpha value is -4.06. The first-order chi connectivity index (χ1) is 15.6. The van der Waals surface area contributed by atoms with Gasteiger partial charge in [-0.1, -0.05) is 42.5 Å². The number of hydrogen-bond donors (Lipinski definition) is 0. The summed E-state index contributed by atoms with van der Waals surface area (Å²) in [6, 6.07) is 23.2. The molecule has 0 bridgehead atoms. The van der Waals surface area contributed by atoms with Crippen LogP contribution < -0.4 is 15.1 Å². The van der Waals surface area contributed by atoms with Crippen LogP contribution in [-0.2, 0) is 9.53 Å². The van der Waals surface area contributed by atoms with Gasteiger partial charge in [-0.3, -0.25) is 0 Å². The van der Waals surface area contributed by atoms with Gasteiger partial charge in [-0.25, -0.2) is 9.59 Å². The molecule has 0 radical (unpaired) electrons. The molecule has 0 fully saturated rings. The molecule has 0 amide bonds. The summed E-state index contributed by atoms with van der Waals surface area (Å²) in [5.41, 5.74) is 1.74. The van der Waals surface area contributed by atoms with Crippen molar-refractivity contribution < 1.29 is 23.4 Å². The summed E-state index contributed by atoms with van der Waals surface area (Å²) >= 11 is 0. The van der Waals surface area contributed by atoms with E-state index in [1.54, 1.807) is 74.7 Å². The van der Waals surface area contributed by atoms with Gasteiger partial charge in [0.15, 0.2) is 0 Å². The fourth-order valence-corrected chi connectivity index (χ4v) is 3.37. The minimum Gasteiger partial charge on any atom is -0.497 e. The van der Waals surface area contributed by atoms with Gasteiger partial charge in [-0.05, 0) is 42.8 Å². The smallest absolute Gasteiger partial charge is 0.352 e. The molecule has 0 N–H and O–H groups in total. The van der Waals surface area contributed by atoms with E-state index in [-0.39, 0.29) is 6.61 Å². The van der Waals surface area contributed by atoms with Crippen LogP contribution in [0.15, 0.2) is 88.1 Å². The highest BCUT2D eigenvalue weighted by molar-refractivity contribution is 5.83. The quantitative estimate of drug-likeness (QED) is 0.298. The third-order valence-corrected chi connectivity index (χ3v) is 4.97. The molecule has 0 aliphatic rings. The van der Waals surface area contributed by atoms with Gasteiger partial charge >= 0.3 is 11.6 Å². The Bertz CT molecular complexity index is 1280. The van der Waals surface area contributed by atoms with Crippen molar-refractivity contribution in [2.75, 3.05) is 13.7 Å². The lowest BCUT2D eigenvalue weighted by Gasteiger charge is -2.18.